The number of allylic oxidation sites excluding steroid dienone is 1. The molecule has 5 heteroatoms. The number of aromatic amines is 1. The van der Waals surface area contributed by atoms with Crippen molar-refractivity contribution >= 4 is 34.3 Å². The van der Waals surface area contributed by atoms with E-state index in [9.17, 15) is 5.26 Å². The van der Waals surface area contributed by atoms with Crippen LogP contribution in [0.2, 0.25) is 5.02 Å². The molecule has 0 atom stereocenters. The Hall–Kier alpha value is -3.55. The number of H-pyrrole nitrogens is 1. The lowest BCUT2D eigenvalue weighted by Gasteiger charge is -2.09. The van der Waals surface area contributed by atoms with Crippen LogP contribution in [0.1, 0.15) is 28.1 Å². The molecule has 0 aliphatic heterocycles. The van der Waals surface area contributed by atoms with E-state index in [0.717, 1.165) is 22.2 Å². The summed E-state index contributed by atoms with van der Waals surface area (Å²) in [4.78, 5) is 7.88. The van der Waals surface area contributed by atoms with Crippen molar-refractivity contribution in [1.82, 2.24) is 9.97 Å². The molecule has 4 nitrogen and oxygen atoms in total. The molecule has 0 amide bonds. The summed E-state index contributed by atoms with van der Waals surface area (Å²) in [7, 11) is 0. The average Bonchev–Trinajstić information content (AvgIpc) is 3.15. The first-order chi connectivity index (χ1) is 14.5. The Bertz CT molecular complexity index is 1240. The Balaban J connectivity index is 1.64. The van der Waals surface area contributed by atoms with Crippen molar-refractivity contribution in [3.05, 3.63) is 93.8 Å². The number of fused-ring (bicyclic) bond motifs is 1. The van der Waals surface area contributed by atoms with E-state index in [0.29, 0.717) is 28.8 Å². The van der Waals surface area contributed by atoms with Gasteiger partial charge in [-0.1, -0.05) is 41.9 Å². The van der Waals surface area contributed by atoms with E-state index in [1.807, 2.05) is 54.6 Å². The predicted octanol–water partition coefficient (Wildman–Crippen LogP) is 6.48. The first-order valence-corrected chi connectivity index (χ1v) is 9.96. The maximum absolute atomic E-state index is 9.77. The second-order valence-corrected chi connectivity index (χ2v) is 7.60. The number of benzene rings is 3. The topological polar surface area (TPSA) is 61.7 Å². The molecule has 0 aliphatic rings. The van der Waals surface area contributed by atoms with Gasteiger partial charge in [0.2, 0.25) is 0 Å². The Morgan fingerprint density at radius 2 is 1.83 bits per heavy atom. The summed E-state index contributed by atoms with van der Waals surface area (Å²) < 4.78 is 6.01. The quantitative estimate of drug-likeness (QED) is 0.381. The molecule has 1 heterocycles. The summed E-state index contributed by atoms with van der Waals surface area (Å²) in [6.07, 6.45) is 1.80. The fourth-order valence-corrected chi connectivity index (χ4v) is 3.31. The van der Waals surface area contributed by atoms with Gasteiger partial charge in [-0.2, -0.15) is 5.26 Å². The first kappa shape index (κ1) is 19.8. The second kappa shape index (κ2) is 8.44. The molecule has 1 N–H and O–H groups in total. The Kier molecular flexibility index (Phi) is 5.56. The summed E-state index contributed by atoms with van der Waals surface area (Å²) in [6.45, 7) is 4.52. The van der Waals surface area contributed by atoms with Gasteiger partial charge in [0.25, 0.3) is 0 Å². The lowest BCUT2D eigenvalue weighted by Crippen LogP contribution is -1.97. The molecule has 4 rings (SSSR count). The molecule has 0 radical (unpaired) electrons. The van der Waals surface area contributed by atoms with E-state index in [4.69, 9.17) is 16.3 Å². The van der Waals surface area contributed by atoms with Crippen molar-refractivity contribution in [1.29, 1.82) is 5.26 Å². The molecule has 0 saturated heterocycles. The van der Waals surface area contributed by atoms with Crippen molar-refractivity contribution < 1.29 is 4.74 Å². The van der Waals surface area contributed by atoms with E-state index < -0.39 is 0 Å². The average molecular weight is 414 g/mol. The number of imidazole rings is 1. The van der Waals surface area contributed by atoms with Gasteiger partial charge in [-0.25, -0.2) is 4.98 Å². The van der Waals surface area contributed by atoms with Crippen LogP contribution in [0.5, 0.6) is 5.75 Å². The number of hydrogen-bond donors (Lipinski definition) is 1. The van der Waals surface area contributed by atoms with Crippen molar-refractivity contribution in [2.24, 2.45) is 0 Å². The highest BCUT2D eigenvalue weighted by atomic mass is 35.5. The normalized spacial score (nSPS) is 11.5. The number of ether oxygens (including phenoxy) is 1. The lowest BCUT2D eigenvalue weighted by atomic mass is 10.1. The number of nitrogens with one attached hydrogen (secondary N) is 1. The van der Waals surface area contributed by atoms with Crippen LogP contribution >= 0.6 is 11.6 Å². The minimum absolute atomic E-state index is 0.410. The number of aromatic nitrogens is 2. The van der Waals surface area contributed by atoms with E-state index >= 15 is 0 Å². The van der Waals surface area contributed by atoms with Crippen LogP contribution in [0.25, 0.3) is 22.7 Å². The minimum atomic E-state index is 0.410. The van der Waals surface area contributed by atoms with Crippen LogP contribution in [-0.4, -0.2) is 9.97 Å². The summed E-state index contributed by atoms with van der Waals surface area (Å²) in [6, 6.07) is 21.5. The second-order valence-electron chi connectivity index (χ2n) is 7.16. The smallest absolute Gasteiger partial charge is 0.149 e. The van der Waals surface area contributed by atoms with Crippen molar-refractivity contribution in [3.8, 4) is 11.8 Å². The Morgan fingerprint density at radius 3 is 2.60 bits per heavy atom. The number of aryl methyl sites for hydroxylation is 2. The number of para-hydroxylation sites is 1. The maximum Gasteiger partial charge on any atom is 0.149 e. The highest BCUT2D eigenvalue weighted by Crippen LogP contribution is 2.26. The van der Waals surface area contributed by atoms with Crippen LogP contribution in [0, 0.1) is 25.2 Å². The van der Waals surface area contributed by atoms with Gasteiger partial charge in [0, 0.05) is 10.6 Å². The predicted molar refractivity (Wildman–Crippen MR) is 121 cm³/mol. The number of rotatable bonds is 5. The minimum Gasteiger partial charge on any atom is -0.488 e. The monoisotopic (exact) mass is 413 g/mol. The molecule has 0 unspecified atom stereocenters. The number of halogens is 1. The van der Waals surface area contributed by atoms with E-state index in [2.05, 4.69) is 36.0 Å². The van der Waals surface area contributed by atoms with Gasteiger partial charge in [-0.05, 0) is 66.9 Å². The number of nitrogens with zero attached hydrogens (tertiary/aromatic N) is 2. The first-order valence-electron chi connectivity index (χ1n) is 9.59. The zero-order valence-electron chi connectivity index (χ0n) is 16.7. The SMILES string of the molecule is Cc1cc2nc(C(C#N)=Cc3ccccc3OCc3ccc(Cl)cc3)[nH]c2cc1C. The maximum atomic E-state index is 9.77. The highest BCUT2D eigenvalue weighted by molar-refractivity contribution is 6.30. The Labute approximate surface area is 180 Å². The van der Waals surface area contributed by atoms with Gasteiger partial charge in [0.1, 0.15) is 24.3 Å². The molecular weight excluding hydrogens is 394 g/mol. The summed E-state index contributed by atoms with van der Waals surface area (Å²) in [5.74, 6) is 1.24. The van der Waals surface area contributed by atoms with E-state index in [1.54, 1.807) is 6.08 Å². The van der Waals surface area contributed by atoms with Crippen molar-refractivity contribution in [3.63, 3.8) is 0 Å². The third-order valence-electron chi connectivity index (χ3n) is 5.00. The van der Waals surface area contributed by atoms with Gasteiger partial charge in [0.05, 0.1) is 16.6 Å². The molecule has 4 aromatic rings. The van der Waals surface area contributed by atoms with Crippen molar-refractivity contribution in [2.75, 3.05) is 0 Å². The fraction of sp³-hybridized carbons (Fsp3) is 0.120. The molecule has 0 spiro atoms. The van der Waals surface area contributed by atoms with E-state index in [1.165, 1.54) is 11.1 Å². The van der Waals surface area contributed by atoms with E-state index in [-0.39, 0.29) is 0 Å². The van der Waals surface area contributed by atoms with Crippen LogP contribution in [0.15, 0.2) is 60.7 Å². The molecule has 3 aromatic carbocycles. The van der Waals surface area contributed by atoms with Crippen LogP contribution in [0.4, 0.5) is 0 Å². The number of nitriles is 1. The molecule has 0 bridgehead atoms. The molecular formula is C25H20ClN3O. The molecule has 0 aliphatic carbocycles. The van der Waals surface area contributed by atoms with Gasteiger partial charge in [-0.15, -0.1) is 0 Å². The Morgan fingerprint density at radius 1 is 1.10 bits per heavy atom. The van der Waals surface area contributed by atoms with Crippen LogP contribution < -0.4 is 4.74 Å². The summed E-state index contributed by atoms with van der Waals surface area (Å²) >= 11 is 5.94. The third kappa shape index (κ3) is 4.22. The summed E-state index contributed by atoms with van der Waals surface area (Å²) in [5.41, 5.74) is 6.40. The summed E-state index contributed by atoms with van der Waals surface area (Å²) in [5, 5.41) is 10.5. The standard InChI is InChI=1S/C25H20ClN3O/c1-16-11-22-23(12-17(16)2)29-25(28-22)20(14-27)13-19-5-3-4-6-24(19)30-15-18-7-9-21(26)10-8-18/h3-13H,15H2,1-2H3,(H,28,29). The lowest BCUT2D eigenvalue weighted by molar-refractivity contribution is 0.305. The molecule has 148 valence electrons. The van der Waals surface area contributed by atoms with Gasteiger partial charge < -0.3 is 9.72 Å². The third-order valence-corrected chi connectivity index (χ3v) is 5.25. The van der Waals surface area contributed by atoms with Crippen LogP contribution in [0.3, 0.4) is 0 Å². The highest BCUT2D eigenvalue weighted by Gasteiger charge is 2.11. The fourth-order valence-electron chi connectivity index (χ4n) is 3.18. The van der Waals surface area contributed by atoms with Crippen molar-refractivity contribution in [2.45, 2.75) is 20.5 Å². The molecule has 0 saturated carbocycles. The largest absolute Gasteiger partial charge is 0.488 e. The zero-order valence-corrected chi connectivity index (χ0v) is 17.5. The van der Waals surface area contributed by atoms with Gasteiger partial charge >= 0.3 is 0 Å². The molecule has 0 fully saturated rings. The zero-order chi connectivity index (χ0) is 21.1. The van der Waals surface area contributed by atoms with Crippen LogP contribution in [-0.2, 0) is 6.61 Å². The molecule has 1 aromatic heterocycles. The van der Waals surface area contributed by atoms with Gasteiger partial charge in [0.15, 0.2) is 0 Å². The van der Waals surface area contributed by atoms with Gasteiger partial charge in [-0.3, -0.25) is 0 Å². The number of hydrogen-bond acceptors (Lipinski definition) is 3. The molecule has 30 heavy (non-hydrogen) atoms.